The summed E-state index contributed by atoms with van der Waals surface area (Å²) in [6.45, 7) is 1.28. The molecule has 1 saturated heterocycles. The number of benzene rings is 2. The molecule has 28 heavy (non-hydrogen) atoms. The van der Waals surface area contributed by atoms with Crippen molar-refractivity contribution < 1.29 is 13.6 Å². The number of hydrogen-bond donors (Lipinski definition) is 2. The summed E-state index contributed by atoms with van der Waals surface area (Å²) in [5, 5.41) is 10.4. The third-order valence-corrected chi connectivity index (χ3v) is 4.84. The first-order valence-electron chi connectivity index (χ1n) is 9.17. The lowest BCUT2D eigenvalue weighted by atomic mass is 9.92. The number of rotatable bonds is 6. The molecule has 2 aromatic carbocycles. The Morgan fingerprint density at radius 1 is 1.18 bits per heavy atom. The number of nitrogens with one attached hydrogen (secondary N) is 2. The molecule has 0 aliphatic carbocycles. The van der Waals surface area contributed by atoms with Crippen LogP contribution >= 0.6 is 0 Å². The van der Waals surface area contributed by atoms with Crippen molar-refractivity contribution in [2.75, 3.05) is 11.9 Å². The van der Waals surface area contributed by atoms with Gasteiger partial charge in [0.1, 0.15) is 0 Å². The molecule has 2 heterocycles. The Bertz CT molecular complexity index is 998. The van der Waals surface area contributed by atoms with Crippen molar-refractivity contribution in [3.8, 4) is 0 Å². The maximum Gasteiger partial charge on any atom is 0.230 e. The molecule has 1 aliphatic rings. The van der Waals surface area contributed by atoms with E-state index in [9.17, 15) is 13.6 Å². The summed E-state index contributed by atoms with van der Waals surface area (Å²) in [4.78, 5) is 12.4. The van der Waals surface area contributed by atoms with E-state index in [2.05, 4.69) is 21.8 Å². The van der Waals surface area contributed by atoms with Crippen LogP contribution in [-0.4, -0.2) is 22.2 Å². The molecule has 1 atom stereocenters. The fourth-order valence-electron chi connectivity index (χ4n) is 3.29. The number of halogens is 2. The molecule has 1 aliphatic heterocycles. The number of anilines is 1. The summed E-state index contributed by atoms with van der Waals surface area (Å²) in [6.07, 6.45) is 3.03. The van der Waals surface area contributed by atoms with Crippen molar-refractivity contribution in [2.45, 2.75) is 25.4 Å². The van der Waals surface area contributed by atoms with Crippen LogP contribution in [0.4, 0.5) is 14.6 Å². The monoisotopic (exact) mass is 382 g/mol. The Labute approximate surface area is 161 Å². The Balaban J connectivity index is 1.38. The molecule has 3 aromatic rings. The SMILES string of the molecule is O=C(Cc1ccccc1C1CCN1)Nc1ccn(Cc2ccc(F)c(F)c2)n1. The molecule has 0 spiro atoms. The van der Waals surface area contributed by atoms with E-state index in [1.807, 2.05) is 18.2 Å². The van der Waals surface area contributed by atoms with Crippen molar-refractivity contribution in [1.82, 2.24) is 15.1 Å². The minimum Gasteiger partial charge on any atom is -0.310 e. The molecule has 7 heteroatoms. The number of nitrogens with zero attached hydrogens (tertiary/aromatic N) is 2. The van der Waals surface area contributed by atoms with Crippen LogP contribution in [0.25, 0.3) is 0 Å². The molecule has 0 radical (unpaired) electrons. The van der Waals surface area contributed by atoms with E-state index in [4.69, 9.17) is 0 Å². The Morgan fingerprint density at radius 3 is 2.75 bits per heavy atom. The van der Waals surface area contributed by atoms with Crippen LogP contribution in [0.15, 0.2) is 54.7 Å². The summed E-state index contributed by atoms with van der Waals surface area (Å²) < 4.78 is 27.9. The Morgan fingerprint density at radius 2 is 2.00 bits per heavy atom. The summed E-state index contributed by atoms with van der Waals surface area (Å²) in [5.41, 5.74) is 2.74. The van der Waals surface area contributed by atoms with Gasteiger partial charge in [0.05, 0.1) is 13.0 Å². The predicted molar refractivity (Wildman–Crippen MR) is 102 cm³/mol. The van der Waals surface area contributed by atoms with Crippen molar-refractivity contribution in [2.24, 2.45) is 0 Å². The normalized spacial score (nSPS) is 15.9. The fraction of sp³-hybridized carbons (Fsp3) is 0.238. The van der Waals surface area contributed by atoms with E-state index in [0.29, 0.717) is 17.4 Å². The maximum absolute atomic E-state index is 13.3. The highest BCUT2D eigenvalue weighted by molar-refractivity contribution is 5.91. The Kier molecular flexibility index (Phi) is 5.16. The molecule has 5 nitrogen and oxygen atoms in total. The molecule has 144 valence electrons. The van der Waals surface area contributed by atoms with E-state index in [-0.39, 0.29) is 18.9 Å². The van der Waals surface area contributed by atoms with Crippen LogP contribution in [0.2, 0.25) is 0 Å². The first kappa shape index (κ1) is 18.3. The van der Waals surface area contributed by atoms with Gasteiger partial charge in [0, 0.05) is 18.3 Å². The minimum absolute atomic E-state index is 0.148. The van der Waals surface area contributed by atoms with Gasteiger partial charge in [0.25, 0.3) is 0 Å². The molecular formula is C21H20F2N4O. The van der Waals surface area contributed by atoms with Gasteiger partial charge in [-0.2, -0.15) is 5.10 Å². The molecule has 0 bridgehead atoms. The minimum atomic E-state index is -0.891. The second-order valence-corrected chi connectivity index (χ2v) is 6.87. The van der Waals surface area contributed by atoms with Crippen LogP contribution in [0.1, 0.15) is 29.2 Å². The van der Waals surface area contributed by atoms with Gasteiger partial charge in [-0.05, 0) is 41.8 Å². The largest absolute Gasteiger partial charge is 0.310 e. The van der Waals surface area contributed by atoms with Crippen LogP contribution in [0.5, 0.6) is 0 Å². The highest BCUT2D eigenvalue weighted by Gasteiger charge is 2.21. The van der Waals surface area contributed by atoms with Crippen molar-refractivity contribution in [3.63, 3.8) is 0 Å². The average molecular weight is 382 g/mol. The second kappa shape index (κ2) is 7.90. The highest BCUT2D eigenvalue weighted by Crippen LogP contribution is 2.26. The van der Waals surface area contributed by atoms with E-state index < -0.39 is 11.6 Å². The van der Waals surface area contributed by atoms with Gasteiger partial charge >= 0.3 is 0 Å². The zero-order valence-corrected chi connectivity index (χ0v) is 15.2. The zero-order chi connectivity index (χ0) is 19.5. The third kappa shape index (κ3) is 4.09. The topological polar surface area (TPSA) is 59.0 Å². The van der Waals surface area contributed by atoms with Gasteiger partial charge in [-0.1, -0.05) is 30.3 Å². The summed E-state index contributed by atoms with van der Waals surface area (Å²) >= 11 is 0. The van der Waals surface area contributed by atoms with E-state index in [1.54, 1.807) is 16.9 Å². The number of aromatic nitrogens is 2. The van der Waals surface area contributed by atoms with Crippen molar-refractivity contribution in [1.29, 1.82) is 0 Å². The average Bonchev–Trinajstić information content (AvgIpc) is 3.05. The van der Waals surface area contributed by atoms with E-state index in [1.165, 1.54) is 6.07 Å². The van der Waals surface area contributed by atoms with Gasteiger partial charge in [0.15, 0.2) is 17.5 Å². The van der Waals surface area contributed by atoms with Gasteiger partial charge in [-0.3, -0.25) is 9.48 Å². The Hall–Kier alpha value is -3.06. The van der Waals surface area contributed by atoms with Crippen molar-refractivity contribution in [3.05, 3.63) is 83.1 Å². The molecule has 1 fully saturated rings. The van der Waals surface area contributed by atoms with E-state index >= 15 is 0 Å². The first-order valence-corrected chi connectivity index (χ1v) is 9.17. The van der Waals surface area contributed by atoms with Crippen molar-refractivity contribution >= 4 is 11.7 Å². The quantitative estimate of drug-likeness (QED) is 0.687. The van der Waals surface area contributed by atoms with Crippen LogP contribution in [0, 0.1) is 11.6 Å². The van der Waals surface area contributed by atoms with Gasteiger partial charge < -0.3 is 10.6 Å². The highest BCUT2D eigenvalue weighted by atomic mass is 19.2. The van der Waals surface area contributed by atoms with Crippen LogP contribution < -0.4 is 10.6 Å². The number of carbonyl (C=O) groups excluding carboxylic acids is 1. The number of hydrogen-bond acceptors (Lipinski definition) is 3. The lowest BCUT2D eigenvalue weighted by Crippen LogP contribution is -2.35. The van der Waals surface area contributed by atoms with Crippen LogP contribution in [-0.2, 0) is 17.8 Å². The predicted octanol–water partition coefficient (Wildman–Crippen LogP) is 3.43. The molecule has 1 aromatic heterocycles. The standard InChI is InChI=1S/C21H20F2N4O/c22-17-6-5-14(11-18(17)23)13-27-10-8-20(26-27)25-21(28)12-15-3-1-2-4-16(15)19-7-9-24-19/h1-6,8,10-11,19,24H,7,9,12-13H2,(H,25,26,28). The maximum atomic E-state index is 13.3. The molecule has 1 unspecified atom stereocenters. The molecular weight excluding hydrogens is 362 g/mol. The first-order chi connectivity index (χ1) is 13.6. The van der Waals surface area contributed by atoms with Crippen LogP contribution in [0.3, 0.4) is 0 Å². The third-order valence-electron chi connectivity index (χ3n) is 4.84. The van der Waals surface area contributed by atoms with Gasteiger partial charge in [0.2, 0.25) is 5.91 Å². The number of carbonyl (C=O) groups is 1. The number of amides is 1. The fourth-order valence-corrected chi connectivity index (χ4v) is 3.29. The molecule has 4 rings (SSSR count). The van der Waals surface area contributed by atoms with Gasteiger partial charge in [-0.15, -0.1) is 0 Å². The van der Waals surface area contributed by atoms with E-state index in [0.717, 1.165) is 36.2 Å². The molecule has 1 amide bonds. The lowest BCUT2D eigenvalue weighted by Gasteiger charge is -2.29. The lowest BCUT2D eigenvalue weighted by molar-refractivity contribution is -0.115. The zero-order valence-electron chi connectivity index (χ0n) is 15.2. The van der Waals surface area contributed by atoms with Gasteiger partial charge in [-0.25, -0.2) is 8.78 Å². The second-order valence-electron chi connectivity index (χ2n) is 6.87. The smallest absolute Gasteiger partial charge is 0.230 e. The summed E-state index contributed by atoms with van der Waals surface area (Å²) in [7, 11) is 0. The summed E-state index contributed by atoms with van der Waals surface area (Å²) in [6, 6.07) is 13.7. The molecule has 0 saturated carbocycles. The summed E-state index contributed by atoms with van der Waals surface area (Å²) in [5.74, 6) is -1.50. The molecule has 2 N–H and O–H groups in total.